The van der Waals surface area contributed by atoms with Gasteiger partial charge in [-0.3, -0.25) is 0 Å². The molecule has 0 spiro atoms. The van der Waals surface area contributed by atoms with Crippen molar-refractivity contribution in [3.8, 4) is 61.4 Å². The summed E-state index contributed by atoms with van der Waals surface area (Å²) in [5.41, 5.74) is 31.6. The average Bonchev–Trinajstić information content (AvgIpc) is 1.80. The van der Waals surface area contributed by atoms with Crippen LogP contribution < -0.4 is 14.5 Å². The molecule has 0 saturated heterocycles. The second kappa shape index (κ2) is 17.3. The molecule has 4 heteroatoms. The molecule has 1 aliphatic heterocycles. The van der Waals surface area contributed by atoms with Crippen molar-refractivity contribution in [2.24, 2.45) is 0 Å². The zero-order chi connectivity index (χ0) is 55.6. The summed E-state index contributed by atoms with van der Waals surface area (Å²) in [6, 6.07) is 80.9. The van der Waals surface area contributed by atoms with Crippen molar-refractivity contribution >= 4 is 56.1 Å². The van der Waals surface area contributed by atoms with E-state index < -0.39 is 0 Å². The van der Waals surface area contributed by atoms with Gasteiger partial charge in [-0.1, -0.05) is 186 Å². The Hall–Kier alpha value is -9.38. The number of hydrogen-bond donors (Lipinski definition) is 0. The first-order chi connectivity index (χ1) is 39.8. The van der Waals surface area contributed by atoms with Crippen LogP contribution in [0.1, 0.15) is 91.6 Å². The predicted octanol–water partition coefficient (Wildman–Crippen LogP) is 21.3. The van der Waals surface area contributed by atoms with Crippen LogP contribution in [-0.2, 0) is 22.9 Å². The SMILES string of the molecule is Cc1cc(C)cc(-c2cc3c(c4c2oc2ccccc24)-c2ccc(N(c4ccc(N(c5ccccc5)c5ccccc5)cc4)c4ccc5c(c4)C(C)(C)c4c-5c5c(c6c4C(C)(C)c4ccccc4-6)OCc4ccccc4-5)cc2C3(C)C)c1. The molecule has 0 radical (unpaired) electrons. The monoisotopic (exact) mass is 1060 g/mol. The van der Waals surface area contributed by atoms with E-state index in [1.54, 1.807) is 0 Å². The van der Waals surface area contributed by atoms with Gasteiger partial charge in [-0.15, -0.1) is 0 Å². The van der Waals surface area contributed by atoms with Gasteiger partial charge < -0.3 is 19.0 Å². The normalized spacial score (nSPS) is 14.9. The minimum absolute atomic E-state index is 0.252. The molecule has 0 amide bonds. The zero-order valence-corrected chi connectivity index (χ0v) is 47.7. The van der Waals surface area contributed by atoms with Crippen molar-refractivity contribution in [3.63, 3.8) is 0 Å². The fourth-order valence-electron chi connectivity index (χ4n) is 15.2. The van der Waals surface area contributed by atoms with E-state index in [2.05, 4.69) is 284 Å². The van der Waals surface area contributed by atoms with Crippen LogP contribution in [0.3, 0.4) is 0 Å². The summed E-state index contributed by atoms with van der Waals surface area (Å²) in [6.45, 7) is 19.5. The zero-order valence-electron chi connectivity index (χ0n) is 47.7. The molecule has 0 atom stereocenters. The first-order valence-corrected chi connectivity index (χ1v) is 29.0. The highest BCUT2D eigenvalue weighted by Crippen LogP contribution is 2.66. The number of anilines is 6. The van der Waals surface area contributed by atoms with Crippen molar-refractivity contribution in [2.45, 2.75) is 78.2 Å². The Morgan fingerprint density at radius 3 is 1.54 bits per heavy atom. The minimum Gasteiger partial charge on any atom is -0.488 e. The Balaban J connectivity index is 0.912. The van der Waals surface area contributed by atoms with E-state index in [9.17, 15) is 0 Å². The Labute approximate surface area is 480 Å². The summed E-state index contributed by atoms with van der Waals surface area (Å²) in [5, 5.41) is 2.33. The summed E-state index contributed by atoms with van der Waals surface area (Å²) in [6.07, 6.45) is 0. The number of benzene rings is 11. The van der Waals surface area contributed by atoms with Crippen molar-refractivity contribution in [3.05, 3.63) is 268 Å². The topological polar surface area (TPSA) is 28.9 Å². The highest BCUT2D eigenvalue weighted by Gasteiger charge is 2.50. The quantitative estimate of drug-likeness (QED) is 0.159. The molecule has 12 aromatic rings. The van der Waals surface area contributed by atoms with E-state index in [1.165, 1.54) is 106 Å². The largest absolute Gasteiger partial charge is 0.488 e. The molecule has 2 heterocycles. The van der Waals surface area contributed by atoms with Gasteiger partial charge in [-0.2, -0.15) is 0 Å². The molecule has 0 N–H and O–H groups in total. The van der Waals surface area contributed by atoms with Crippen LogP contribution in [0.5, 0.6) is 5.75 Å². The third-order valence-electron chi connectivity index (χ3n) is 18.9. The Kier molecular flexibility index (Phi) is 10.2. The van der Waals surface area contributed by atoms with Crippen molar-refractivity contribution in [1.29, 1.82) is 0 Å². The Bertz CT molecular complexity index is 4610. The number of para-hydroxylation sites is 3. The van der Waals surface area contributed by atoms with Gasteiger partial charge in [-0.05, 0) is 177 Å². The van der Waals surface area contributed by atoms with Crippen LogP contribution in [0, 0.1) is 13.8 Å². The van der Waals surface area contributed by atoms with Crippen LogP contribution in [0.2, 0.25) is 0 Å². The van der Waals surface area contributed by atoms with Crippen molar-refractivity contribution in [2.75, 3.05) is 9.80 Å². The van der Waals surface area contributed by atoms with E-state index in [0.717, 1.165) is 62.0 Å². The molecule has 4 nitrogen and oxygen atoms in total. The van der Waals surface area contributed by atoms with Crippen LogP contribution in [0.25, 0.3) is 77.6 Å². The number of hydrogen-bond acceptors (Lipinski definition) is 4. The lowest BCUT2D eigenvalue weighted by Crippen LogP contribution is -2.25. The molecule has 0 bridgehead atoms. The van der Waals surface area contributed by atoms with E-state index in [1.807, 2.05) is 0 Å². The standard InChI is InChI=1S/C78H62N2O2/c1-46-39-47(2)41-49(40-46)61-44-65-67(70-60-28-18-20-30-66(60)82-74(61)70)58-37-35-54(42-63(58)76(65,3)4)80(53-33-31-52(32-34-53)79(50-22-11-9-12-23-50)51-24-13-10-14-25-51)55-36-38-59-64(43-55)78(7,8)72-68(59)69-56-26-16-15-21-48(56)45-81-75(69)71-57-27-17-19-29-62(57)77(5,6)73(71)72/h9-44H,45H2,1-8H3. The summed E-state index contributed by atoms with van der Waals surface area (Å²) in [4.78, 5) is 4.84. The molecule has 0 saturated carbocycles. The van der Waals surface area contributed by atoms with Crippen molar-refractivity contribution in [1.82, 2.24) is 0 Å². The van der Waals surface area contributed by atoms with Gasteiger partial charge in [-0.25, -0.2) is 0 Å². The van der Waals surface area contributed by atoms with Crippen LogP contribution in [0.4, 0.5) is 34.1 Å². The summed E-state index contributed by atoms with van der Waals surface area (Å²) in [5.74, 6) is 1.02. The van der Waals surface area contributed by atoms with E-state index in [-0.39, 0.29) is 16.2 Å². The molecule has 16 rings (SSSR count). The van der Waals surface area contributed by atoms with E-state index in [4.69, 9.17) is 9.15 Å². The maximum atomic E-state index is 7.05. The van der Waals surface area contributed by atoms with E-state index in [0.29, 0.717) is 6.61 Å². The highest BCUT2D eigenvalue weighted by atomic mass is 16.5. The molecule has 11 aromatic carbocycles. The van der Waals surface area contributed by atoms with Gasteiger partial charge in [0.15, 0.2) is 0 Å². The number of fused-ring (bicyclic) bond motifs is 19. The van der Waals surface area contributed by atoms with Crippen molar-refractivity contribution < 1.29 is 9.15 Å². The second-order valence-corrected chi connectivity index (χ2v) is 24.9. The Morgan fingerprint density at radius 2 is 0.866 bits per heavy atom. The minimum atomic E-state index is -0.374. The lowest BCUT2D eigenvalue weighted by Gasteiger charge is -2.34. The first kappa shape index (κ1) is 48.5. The summed E-state index contributed by atoms with van der Waals surface area (Å²) in [7, 11) is 0. The summed E-state index contributed by atoms with van der Waals surface area (Å²) >= 11 is 0. The molecule has 4 aliphatic rings. The molecule has 82 heavy (non-hydrogen) atoms. The molecule has 1 aromatic heterocycles. The second-order valence-electron chi connectivity index (χ2n) is 24.9. The average molecular weight is 1060 g/mol. The molecular weight excluding hydrogens is 997 g/mol. The fourth-order valence-corrected chi connectivity index (χ4v) is 15.2. The maximum Gasteiger partial charge on any atom is 0.143 e. The van der Waals surface area contributed by atoms with Gasteiger partial charge in [0.05, 0.1) is 0 Å². The molecule has 3 aliphatic carbocycles. The highest BCUT2D eigenvalue weighted by molar-refractivity contribution is 6.19. The first-order valence-electron chi connectivity index (χ1n) is 29.0. The number of aryl methyl sites for hydroxylation is 2. The van der Waals surface area contributed by atoms with Gasteiger partial charge in [0.1, 0.15) is 23.5 Å². The van der Waals surface area contributed by atoms with Gasteiger partial charge in [0.2, 0.25) is 0 Å². The third-order valence-corrected chi connectivity index (χ3v) is 18.9. The lowest BCUT2D eigenvalue weighted by molar-refractivity contribution is 0.303. The van der Waals surface area contributed by atoms with Crippen LogP contribution in [0.15, 0.2) is 223 Å². The molecule has 396 valence electrons. The lowest BCUT2D eigenvalue weighted by atomic mass is 9.71. The van der Waals surface area contributed by atoms with Crippen LogP contribution >= 0.6 is 0 Å². The molecular formula is C78H62N2O2. The fraction of sp³-hybridized carbons (Fsp3) is 0.154. The van der Waals surface area contributed by atoms with E-state index >= 15 is 0 Å². The van der Waals surface area contributed by atoms with Crippen LogP contribution in [-0.4, -0.2) is 0 Å². The number of furan rings is 1. The number of nitrogens with zero attached hydrogens (tertiary/aromatic N) is 2. The summed E-state index contributed by atoms with van der Waals surface area (Å²) < 4.78 is 14.0. The number of ether oxygens (including phenoxy) is 1. The Morgan fingerprint density at radius 1 is 0.366 bits per heavy atom. The predicted molar refractivity (Wildman–Crippen MR) is 340 cm³/mol. The molecule has 0 fully saturated rings. The molecule has 0 unspecified atom stereocenters. The van der Waals surface area contributed by atoms with Gasteiger partial charge in [0, 0.05) is 77.8 Å². The van der Waals surface area contributed by atoms with Gasteiger partial charge in [0.25, 0.3) is 0 Å². The number of rotatable bonds is 7. The van der Waals surface area contributed by atoms with Gasteiger partial charge >= 0.3 is 0 Å². The third kappa shape index (κ3) is 6.78. The maximum absolute atomic E-state index is 7.05. The smallest absolute Gasteiger partial charge is 0.143 e.